The molecule has 0 saturated carbocycles. The predicted octanol–water partition coefficient (Wildman–Crippen LogP) is 2.31. The van der Waals surface area contributed by atoms with E-state index in [1.165, 1.54) is 0 Å². The van der Waals surface area contributed by atoms with E-state index in [1.807, 2.05) is 55.5 Å². The Labute approximate surface area is 209 Å². The molecule has 2 aromatic carbocycles. The van der Waals surface area contributed by atoms with Gasteiger partial charge in [-0.25, -0.2) is 4.68 Å². The number of rotatable bonds is 8. The van der Waals surface area contributed by atoms with Crippen LogP contribution >= 0.6 is 0 Å². The number of nitrogens with one attached hydrogen (secondary N) is 1. The molecule has 4 aromatic rings. The summed E-state index contributed by atoms with van der Waals surface area (Å²) in [6, 6.07) is 15.1. The van der Waals surface area contributed by atoms with Gasteiger partial charge in [0.25, 0.3) is 5.56 Å². The second-order valence-electron chi connectivity index (χ2n) is 9.02. The number of hydrogen-bond donors (Lipinski definition) is 1. The zero-order valence-electron chi connectivity index (χ0n) is 20.8. The number of fused-ring (bicyclic) bond motifs is 1. The Kier molecular flexibility index (Phi) is 6.97. The van der Waals surface area contributed by atoms with Crippen molar-refractivity contribution in [2.24, 2.45) is 0 Å². The van der Waals surface area contributed by atoms with Crippen LogP contribution in [0.1, 0.15) is 29.9 Å². The van der Waals surface area contributed by atoms with Crippen LogP contribution in [-0.4, -0.2) is 81.9 Å². The Morgan fingerprint density at radius 3 is 2.50 bits per heavy atom. The number of likely N-dealkylation sites (N-methyl/N-ethyl adjacent to an activating group) is 1. The molecule has 1 saturated heterocycles. The summed E-state index contributed by atoms with van der Waals surface area (Å²) in [4.78, 5) is 21.0. The molecule has 0 unspecified atom stereocenters. The summed E-state index contributed by atoms with van der Waals surface area (Å²) in [6.07, 6.45) is 0. The standard InChI is InChI=1S/C26H31N7O3/c1-4-36-21-9-10-23-19(15-21)16-22(26(34)27-23)24(32-13-11-31(2)12-14-32)25-28-29-30-33(25)17-18-5-7-20(35-3)8-6-18/h5-10,15-16,24H,4,11-14,17H2,1-3H3,(H,27,34)/t24-/m1/s1. The van der Waals surface area contributed by atoms with Gasteiger partial charge in [0.05, 0.1) is 20.3 Å². The average Bonchev–Trinajstić information content (AvgIpc) is 3.34. The van der Waals surface area contributed by atoms with Crippen molar-refractivity contribution in [1.29, 1.82) is 0 Å². The molecule has 10 nitrogen and oxygen atoms in total. The van der Waals surface area contributed by atoms with Gasteiger partial charge in [-0.1, -0.05) is 12.1 Å². The van der Waals surface area contributed by atoms with Crippen LogP contribution in [0.5, 0.6) is 11.5 Å². The van der Waals surface area contributed by atoms with Crippen LogP contribution in [0.15, 0.2) is 53.3 Å². The van der Waals surface area contributed by atoms with Crippen LogP contribution < -0.4 is 15.0 Å². The number of pyridine rings is 1. The van der Waals surface area contributed by atoms with Crippen molar-refractivity contribution in [1.82, 2.24) is 35.0 Å². The maximum atomic E-state index is 13.4. The molecule has 2 aromatic heterocycles. The van der Waals surface area contributed by atoms with Gasteiger partial charge >= 0.3 is 0 Å². The Morgan fingerprint density at radius 2 is 1.78 bits per heavy atom. The zero-order chi connectivity index (χ0) is 25.1. The Bertz CT molecular complexity index is 1370. The monoisotopic (exact) mass is 489 g/mol. The summed E-state index contributed by atoms with van der Waals surface area (Å²) >= 11 is 0. The molecule has 5 rings (SSSR count). The van der Waals surface area contributed by atoms with Gasteiger partial charge in [-0.05, 0) is 66.4 Å². The molecule has 188 valence electrons. The van der Waals surface area contributed by atoms with Crippen LogP contribution in [0.3, 0.4) is 0 Å². The van der Waals surface area contributed by atoms with Gasteiger partial charge in [-0.2, -0.15) is 0 Å². The van der Waals surface area contributed by atoms with Crippen LogP contribution in [0.4, 0.5) is 0 Å². The minimum Gasteiger partial charge on any atom is -0.497 e. The fourth-order valence-corrected chi connectivity index (χ4v) is 4.66. The second kappa shape index (κ2) is 10.5. The van der Waals surface area contributed by atoms with E-state index in [0.717, 1.165) is 54.1 Å². The number of aromatic nitrogens is 5. The van der Waals surface area contributed by atoms with Crippen molar-refractivity contribution in [2.45, 2.75) is 19.5 Å². The van der Waals surface area contributed by atoms with Crippen molar-refractivity contribution < 1.29 is 9.47 Å². The molecule has 36 heavy (non-hydrogen) atoms. The SMILES string of the molecule is CCOc1ccc2[nH]c(=O)c([C@H](c3nnnn3Cc3ccc(OC)cc3)N3CCN(C)CC3)cc2c1. The van der Waals surface area contributed by atoms with Gasteiger partial charge in [-0.15, -0.1) is 5.10 Å². The molecular formula is C26H31N7O3. The highest BCUT2D eigenvalue weighted by molar-refractivity contribution is 5.80. The first-order valence-corrected chi connectivity index (χ1v) is 12.2. The lowest BCUT2D eigenvalue weighted by molar-refractivity contribution is 0.121. The third-order valence-electron chi connectivity index (χ3n) is 6.65. The van der Waals surface area contributed by atoms with Crippen LogP contribution in [0.25, 0.3) is 10.9 Å². The van der Waals surface area contributed by atoms with E-state index in [2.05, 4.69) is 37.4 Å². The number of H-pyrrole nitrogens is 1. The average molecular weight is 490 g/mol. The molecular weight excluding hydrogens is 458 g/mol. The highest BCUT2D eigenvalue weighted by Crippen LogP contribution is 2.29. The molecule has 1 aliphatic heterocycles. The molecule has 0 spiro atoms. The summed E-state index contributed by atoms with van der Waals surface area (Å²) in [5.74, 6) is 2.20. The third kappa shape index (κ3) is 4.95. The highest BCUT2D eigenvalue weighted by atomic mass is 16.5. The number of benzene rings is 2. The minimum absolute atomic E-state index is 0.144. The lowest BCUT2D eigenvalue weighted by atomic mass is 10.0. The molecule has 1 atom stereocenters. The summed E-state index contributed by atoms with van der Waals surface area (Å²) in [5.41, 5.74) is 2.28. The van der Waals surface area contributed by atoms with Gasteiger partial charge in [0.2, 0.25) is 0 Å². The van der Waals surface area contributed by atoms with Crippen molar-refractivity contribution in [3.05, 3.63) is 75.8 Å². The number of methoxy groups -OCH3 is 1. The molecule has 1 fully saturated rings. The molecule has 0 aliphatic carbocycles. The highest BCUT2D eigenvalue weighted by Gasteiger charge is 2.32. The van der Waals surface area contributed by atoms with E-state index in [1.54, 1.807) is 11.8 Å². The topological polar surface area (TPSA) is 101 Å². The molecule has 0 radical (unpaired) electrons. The quantitative estimate of drug-likeness (QED) is 0.402. The zero-order valence-corrected chi connectivity index (χ0v) is 20.8. The van der Waals surface area contributed by atoms with E-state index in [9.17, 15) is 4.79 Å². The van der Waals surface area contributed by atoms with Gasteiger partial charge < -0.3 is 19.4 Å². The third-order valence-corrected chi connectivity index (χ3v) is 6.65. The largest absolute Gasteiger partial charge is 0.497 e. The van der Waals surface area contributed by atoms with Crippen molar-refractivity contribution in [2.75, 3.05) is 46.9 Å². The van der Waals surface area contributed by atoms with Gasteiger partial charge in [0, 0.05) is 42.6 Å². The van der Waals surface area contributed by atoms with E-state index in [-0.39, 0.29) is 5.56 Å². The number of hydrogen-bond acceptors (Lipinski definition) is 8. The normalized spacial score (nSPS) is 15.8. The van der Waals surface area contributed by atoms with Crippen molar-refractivity contribution in [3.63, 3.8) is 0 Å². The number of nitrogens with zero attached hydrogens (tertiary/aromatic N) is 6. The predicted molar refractivity (Wildman–Crippen MR) is 137 cm³/mol. The van der Waals surface area contributed by atoms with Gasteiger partial charge in [0.15, 0.2) is 5.82 Å². The fourth-order valence-electron chi connectivity index (χ4n) is 4.66. The summed E-state index contributed by atoms with van der Waals surface area (Å²) < 4.78 is 12.8. The maximum absolute atomic E-state index is 13.4. The van der Waals surface area contributed by atoms with E-state index >= 15 is 0 Å². The van der Waals surface area contributed by atoms with E-state index < -0.39 is 6.04 Å². The first-order chi connectivity index (χ1) is 17.6. The van der Waals surface area contributed by atoms with Gasteiger partial charge in [0.1, 0.15) is 17.5 Å². The first kappa shape index (κ1) is 24.0. The summed E-state index contributed by atoms with van der Waals surface area (Å²) in [5, 5.41) is 13.6. The minimum atomic E-state index is -0.393. The maximum Gasteiger partial charge on any atom is 0.253 e. The molecule has 1 aliphatic rings. The Morgan fingerprint density at radius 1 is 1.03 bits per heavy atom. The van der Waals surface area contributed by atoms with E-state index in [0.29, 0.717) is 24.5 Å². The second-order valence-corrected chi connectivity index (χ2v) is 9.02. The molecule has 0 bridgehead atoms. The van der Waals surface area contributed by atoms with Gasteiger partial charge in [-0.3, -0.25) is 9.69 Å². The Balaban J connectivity index is 1.57. The number of ether oxygens (including phenoxy) is 2. The van der Waals surface area contributed by atoms with Crippen LogP contribution in [0, 0.1) is 0 Å². The smallest absolute Gasteiger partial charge is 0.253 e. The van der Waals surface area contributed by atoms with E-state index in [4.69, 9.17) is 9.47 Å². The summed E-state index contributed by atoms with van der Waals surface area (Å²) in [7, 11) is 3.76. The number of aromatic amines is 1. The summed E-state index contributed by atoms with van der Waals surface area (Å²) in [6.45, 7) is 6.41. The number of tetrazole rings is 1. The Hall–Kier alpha value is -3.76. The molecule has 0 amide bonds. The fraction of sp³-hybridized carbons (Fsp3) is 0.385. The molecule has 10 heteroatoms. The molecule has 3 heterocycles. The van der Waals surface area contributed by atoms with Crippen LogP contribution in [-0.2, 0) is 6.54 Å². The van der Waals surface area contributed by atoms with Crippen molar-refractivity contribution in [3.8, 4) is 11.5 Å². The number of piperazine rings is 1. The lowest BCUT2D eigenvalue weighted by Crippen LogP contribution is -2.47. The van der Waals surface area contributed by atoms with Crippen molar-refractivity contribution >= 4 is 10.9 Å². The van der Waals surface area contributed by atoms with Crippen LogP contribution in [0.2, 0.25) is 0 Å². The lowest BCUT2D eigenvalue weighted by Gasteiger charge is -2.37. The first-order valence-electron chi connectivity index (χ1n) is 12.2. The molecule has 1 N–H and O–H groups in total.